The number of benzene rings is 1. The first kappa shape index (κ1) is 17.2. The number of nitrogens with zero attached hydrogens (tertiary/aromatic N) is 4. The van der Waals surface area contributed by atoms with Crippen LogP contribution in [0.3, 0.4) is 0 Å². The molecule has 26 heavy (non-hydrogen) atoms. The summed E-state index contributed by atoms with van der Waals surface area (Å²) < 4.78 is 7.52. The van der Waals surface area contributed by atoms with Gasteiger partial charge in [-0.3, -0.25) is 14.3 Å². The maximum absolute atomic E-state index is 13.0. The van der Waals surface area contributed by atoms with Gasteiger partial charge < -0.3 is 9.64 Å². The molecule has 6 heteroatoms. The average molecular weight is 354 g/mol. The Morgan fingerprint density at radius 1 is 1.15 bits per heavy atom. The molecule has 138 valence electrons. The lowest BCUT2D eigenvalue weighted by Gasteiger charge is -2.41. The van der Waals surface area contributed by atoms with Crippen molar-refractivity contribution in [2.45, 2.75) is 31.9 Å². The van der Waals surface area contributed by atoms with Crippen LogP contribution < -0.4 is 0 Å². The summed E-state index contributed by atoms with van der Waals surface area (Å²) in [5.74, 6) is 0.0696. The number of hydrogen-bond donors (Lipinski definition) is 0. The Balaban J connectivity index is 1.41. The van der Waals surface area contributed by atoms with Gasteiger partial charge in [0, 0.05) is 37.9 Å². The van der Waals surface area contributed by atoms with Crippen LogP contribution in [0.2, 0.25) is 0 Å². The predicted octanol–water partition coefficient (Wildman–Crippen LogP) is 2.20. The van der Waals surface area contributed by atoms with Crippen LogP contribution in [0.1, 0.15) is 30.3 Å². The summed E-state index contributed by atoms with van der Waals surface area (Å²) in [4.78, 5) is 21.7. The number of para-hydroxylation sites is 1. The molecule has 6 nitrogen and oxygen atoms in total. The molecule has 1 aromatic heterocycles. The highest BCUT2D eigenvalue weighted by atomic mass is 16.5. The smallest absolute Gasteiger partial charge is 0.272 e. The number of imidazole rings is 1. The highest BCUT2D eigenvalue weighted by molar-refractivity contribution is 5.93. The van der Waals surface area contributed by atoms with Gasteiger partial charge in [0.25, 0.3) is 5.91 Å². The van der Waals surface area contributed by atoms with E-state index < -0.39 is 0 Å². The van der Waals surface area contributed by atoms with E-state index in [2.05, 4.69) is 16.8 Å². The lowest BCUT2D eigenvalue weighted by molar-refractivity contribution is -0.0424. The van der Waals surface area contributed by atoms with Gasteiger partial charge in [0.15, 0.2) is 0 Å². The number of piperidine rings is 1. The Hall–Kier alpha value is -2.18. The van der Waals surface area contributed by atoms with Crippen molar-refractivity contribution in [3.8, 4) is 5.69 Å². The quantitative estimate of drug-likeness (QED) is 0.848. The highest BCUT2D eigenvalue weighted by Crippen LogP contribution is 2.21. The normalized spacial score (nSPS) is 22.5. The van der Waals surface area contributed by atoms with Crippen LogP contribution in [0.25, 0.3) is 5.69 Å². The number of aromatic nitrogens is 2. The van der Waals surface area contributed by atoms with Crippen LogP contribution in [-0.2, 0) is 4.74 Å². The molecule has 1 atom stereocenters. The molecule has 0 saturated carbocycles. The first-order chi connectivity index (χ1) is 12.7. The molecule has 2 aromatic rings. The molecule has 4 rings (SSSR count). The minimum absolute atomic E-state index is 0.0696. The second kappa shape index (κ2) is 7.60. The van der Waals surface area contributed by atoms with Crippen molar-refractivity contribution in [3.63, 3.8) is 0 Å². The van der Waals surface area contributed by atoms with Crippen LogP contribution in [-0.4, -0.2) is 70.2 Å². The number of rotatable bonds is 3. The Bertz CT molecular complexity index is 737. The largest absolute Gasteiger partial charge is 0.376 e. The van der Waals surface area contributed by atoms with E-state index >= 15 is 0 Å². The van der Waals surface area contributed by atoms with Crippen LogP contribution >= 0.6 is 0 Å². The molecule has 3 heterocycles. The number of carbonyl (C=O) groups excluding carboxylic acids is 1. The minimum Gasteiger partial charge on any atom is -0.376 e. The van der Waals surface area contributed by atoms with E-state index in [1.165, 1.54) is 0 Å². The van der Waals surface area contributed by atoms with Crippen molar-refractivity contribution in [3.05, 3.63) is 48.5 Å². The van der Waals surface area contributed by atoms with Gasteiger partial charge in [-0.25, -0.2) is 4.98 Å². The second-order valence-electron chi connectivity index (χ2n) is 7.18. The van der Waals surface area contributed by atoms with E-state index in [0.29, 0.717) is 17.8 Å². The topological polar surface area (TPSA) is 50.6 Å². The zero-order chi connectivity index (χ0) is 17.9. The summed E-state index contributed by atoms with van der Waals surface area (Å²) in [6, 6.07) is 10.5. The number of morpholine rings is 1. The van der Waals surface area contributed by atoms with Crippen molar-refractivity contribution < 1.29 is 9.53 Å². The van der Waals surface area contributed by atoms with Crippen LogP contribution in [0.4, 0.5) is 0 Å². The minimum atomic E-state index is 0.0696. The Morgan fingerprint density at radius 3 is 2.65 bits per heavy atom. The zero-order valence-electron chi connectivity index (χ0n) is 15.3. The van der Waals surface area contributed by atoms with Gasteiger partial charge in [0.2, 0.25) is 0 Å². The standard InChI is InChI=1S/C20H26N4O2/c1-16-14-23(11-12-26-16)17-7-9-22(10-8-17)20(25)19-13-21-15-24(19)18-5-3-2-4-6-18/h2-6,13,15-17H,7-12,14H2,1H3. The highest BCUT2D eigenvalue weighted by Gasteiger charge is 2.30. The van der Waals surface area contributed by atoms with Gasteiger partial charge in [-0.1, -0.05) is 18.2 Å². The average Bonchev–Trinajstić information content (AvgIpc) is 3.18. The molecule has 2 aliphatic rings. The van der Waals surface area contributed by atoms with Crippen molar-refractivity contribution in [1.82, 2.24) is 19.4 Å². The molecule has 0 radical (unpaired) electrons. The summed E-state index contributed by atoms with van der Waals surface area (Å²) in [6.45, 7) is 6.56. The molecular weight excluding hydrogens is 328 g/mol. The fraction of sp³-hybridized carbons (Fsp3) is 0.500. The molecule has 2 aliphatic heterocycles. The molecule has 2 fully saturated rings. The molecule has 0 aliphatic carbocycles. The fourth-order valence-corrected chi connectivity index (χ4v) is 4.02. The SMILES string of the molecule is CC1CN(C2CCN(C(=O)c3cncn3-c3ccccc3)CC2)CCO1. The van der Waals surface area contributed by atoms with Gasteiger partial charge in [0.1, 0.15) is 5.69 Å². The van der Waals surface area contributed by atoms with Crippen molar-refractivity contribution in [2.75, 3.05) is 32.8 Å². The fourth-order valence-electron chi connectivity index (χ4n) is 4.02. The maximum Gasteiger partial charge on any atom is 0.272 e. The zero-order valence-corrected chi connectivity index (χ0v) is 15.3. The lowest BCUT2D eigenvalue weighted by Crippen LogP contribution is -2.51. The first-order valence-corrected chi connectivity index (χ1v) is 9.45. The predicted molar refractivity (Wildman–Crippen MR) is 99.5 cm³/mol. The van der Waals surface area contributed by atoms with Crippen LogP contribution in [0, 0.1) is 0 Å². The van der Waals surface area contributed by atoms with E-state index in [0.717, 1.165) is 51.3 Å². The molecule has 0 N–H and O–H groups in total. The molecule has 2 saturated heterocycles. The summed E-state index contributed by atoms with van der Waals surface area (Å²) >= 11 is 0. The Labute approximate surface area is 154 Å². The number of amides is 1. The molecule has 1 amide bonds. The summed E-state index contributed by atoms with van der Waals surface area (Å²) in [7, 11) is 0. The third-order valence-electron chi connectivity index (χ3n) is 5.43. The maximum atomic E-state index is 13.0. The van der Waals surface area contributed by atoms with Crippen LogP contribution in [0.5, 0.6) is 0 Å². The number of carbonyl (C=O) groups is 1. The van der Waals surface area contributed by atoms with Crippen molar-refractivity contribution in [1.29, 1.82) is 0 Å². The second-order valence-corrected chi connectivity index (χ2v) is 7.18. The number of likely N-dealkylation sites (tertiary alicyclic amines) is 1. The summed E-state index contributed by atoms with van der Waals surface area (Å²) in [6.07, 6.45) is 5.74. The van der Waals surface area contributed by atoms with E-state index in [-0.39, 0.29) is 5.91 Å². The van der Waals surface area contributed by atoms with Gasteiger partial charge in [0.05, 0.1) is 25.2 Å². The lowest BCUT2D eigenvalue weighted by atomic mass is 10.0. The Morgan fingerprint density at radius 2 is 1.92 bits per heavy atom. The van der Waals surface area contributed by atoms with Gasteiger partial charge >= 0.3 is 0 Å². The molecule has 1 unspecified atom stereocenters. The third kappa shape index (κ3) is 3.52. The summed E-state index contributed by atoms with van der Waals surface area (Å²) in [5, 5.41) is 0. The monoisotopic (exact) mass is 354 g/mol. The van der Waals surface area contributed by atoms with Crippen molar-refractivity contribution >= 4 is 5.91 Å². The van der Waals surface area contributed by atoms with Gasteiger partial charge in [-0.05, 0) is 31.9 Å². The van der Waals surface area contributed by atoms with E-state index in [1.54, 1.807) is 12.5 Å². The molecule has 1 aromatic carbocycles. The Kier molecular flexibility index (Phi) is 5.04. The van der Waals surface area contributed by atoms with Crippen LogP contribution in [0.15, 0.2) is 42.9 Å². The molecule has 0 bridgehead atoms. The van der Waals surface area contributed by atoms with E-state index in [9.17, 15) is 4.79 Å². The first-order valence-electron chi connectivity index (χ1n) is 9.45. The van der Waals surface area contributed by atoms with Gasteiger partial charge in [-0.15, -0.1) is 0 Å². The molecule has 0 spiro atoms. The number of hydrogen-bond acceptors (Lipinski definition) is 4. The van der Waals surface area contributed by atoms with E-state index in [1.807, 2.05) is 39.8 Å². The number of ether oxygens (including phenoxy) is 1. The molecular formula is C20H26N4O2. The van der Waals surface area contributed by atoms with E-state index in [4.69, 9.17) is 4.74 Å². The summed E-state index contributed by atoms with van der Waals surface area (Å²) in [5.41, 5.74) is 1.60. The van der Waals surface area contributed by atoms with Crippen molar-refractivity contribution in [2.24, 2.45) is 0 Å². The van der Waals surface area contributed by atoms with Gasteiger partial charge in [-0.2, -0.15) is 0 Å². The third-order valence-corrected chi connectivity index (χ3v) is 5.43.